The van der Waals surface area contributed by atoms with Crippen molar-refractivity contribution in [1.29, 1.82) is 0 Å². The van der Waals surface area contributed by atoms with Crippen molar-refractivity contribution in [2.45, 2.75) is 25.3 Å². The van der Waals surface area contributed by atoms with Crippen LogP contribution in [0.5, 0.6) is 11.5 Å². The minimum absolute atomic E-state index is 0.0674. The van der Waals surface area contributed by atoms with Crippen LogP contribution < -0.4 is 10.6 Å². The fourth-order valence-electron chi connectivity index (χ4n) is 2.62. The van der Waals surface area contributed by atoms with Gasteiger partial charge in [-0.1, -0.05) is 24.3 Å². The van der Waals surface area contributed by atoms with Gasteiger partial charge in [0.1, 0.15) is 11.5 Å². The molecule has 2 aromatic carbocycles. The third-order valence-electron chi connectivity index (χ3n) is 4.12. The van der Waals surface area contributed by atoms with Crippen LogP contribution in [0, 0.1) is 0 Å². The van der Waals surface area contributed by atoms with Crippen molar-refractivity contribution < 1.29 is 24.9 Å². The number of amides is 2. The molecule has 2 rings (SSSR count). The van der Waals surface area contributed by atoms with E-state index in [0.29, 0.717) is 25.8 Å². The molecule has 27 heavy (non-hydrogen) atoms. The topological polar surface area (TPSA) is 119 Å². The lowest BCUT2D eigenvalue weighted by Gasteiger charge is -2.16. The lowest BCUT2D eigenvalue weighted by atomic mass is 10.1. The lowest BCUT2D eigenvalue weighted by molar-refractivity contribution is 0.0909. The van der Waals surface area contributed by atoms with E-state index in [4.69, 9.17) is 0 Å². The highest BCUT2D eigenvalue weighted by molar-refractivity contribution is 5.97. The van der Waals surface area contributed by atoms with Crippen LogP contribution in [0.1, 0.15) is 40.0 Å². The van der Waals surface area contributed by atoms with E-state index in [0.717, 1.165) is 0 Å². The lowest BCUT2D eigenvalue weighted by Crippen LogP contribution is -2.37. The van der Waals surface area contributed by atoms with Gasteiger partial charge in [-0.2, -0.15) is 0 Å². The largest absolute Gasteiger partial charge is 0.507 e. The Bertz CT molecular complexity index is 778. The van der Waals surface area contributed by atoms with Gasteiger partial charge in [0, 0.05) is 6.54 Å². The average Bonchev–Trinajstić information content (AvgIpc) is 2.67. The molecule has 0 spiro atoms. The molecule has 0 aromatic heterocycles. The molecule has 0 saturated carbocycles. The van der Waals surface area contributed by atoms with Crippen LogP contribution in [0.3, 0.4) is 0 Å². The Labute approximate surface area is 157 Å². The van der Waals surface area contributed by atoms with Gasteiger partial charge in [-0.05, 0) is 43.5 Å². The summed E-state index contributed by atoms with van der Waals surface area (Å²) in [5, 5.41) is 34.2. The van der Waals surface area contributed by atoms with Crippen molar-refractivity contribution in [3.63, 3.8) is 0 Å². The Morgan fingerprint density at radius 1 is 0.852 bits per heavy atom. The summed E-state index contributed by atoms with van der Waals surface area (Å²) >= 11 is 0. The van der Waals surface area contributed by atoms with Gasteiger partial charge in [0.05, 0.1) is 23.8 Å². The van der Waals surface area contributed by atoms with Gasteiger partial charge in [0.15, 0.2) is 0 Å². The van der Waals surface area contributed by atoms with E-state index in [-0.39, 0.29) is 35.1 Å². The summed E-state index contributed by atoms with van der Waals surface area (Å²) in [4.78, 5) is 24.1. The summed E-state index contributed by atoms with van der Waals surface area (Å²) in [6.07, 6.45) is 1.86. The number of carbonyl (C=O) groups is 2. The second-order valence-electron chi connectivity index (χ2n) is 6.14. The van der Waals surface area contributed by atoms with Gasteiger partial charge in [-0.15, -0.1) is 0 Å². The first-order valence-corrected chi connectivity index (χ1v) is 8.79. The molecule has 7 nitrogen and oxygen atoms in total. The molecular formula is C20H24N2O5. The highest BCUT2D eigenvalue weighted by atomic mass is 16.3. The monoisotopic (exact) mass is 372 g/mol. The van der Waals surface area contributed by atoms with Crippen molar-refractivity contribution in [2.75, 3.05) is 13.2 Å². The standard InChI is InChI=1S/C20H24N2O5/c23-13-14(22-20(27)16-9-2-4-11-18(16)25)7-5-6-12-21-19(26)15-8-1-3-10-17(15)24/h1-4,8-11,14,23-25H,5-7,12-13H2,(H,21,26)(H,22,27). The molecule has 0 aliphatic rings. The molecule has 0 fully saturated rings. The van der Waals surface area contributed by atoms with Crippen LogP contribution in [-0.2, 0) is 0 Å². The number of para-hydroxylation sites is 2. The molecule has 7 heteroatoms. The maximum Gasteiger partial charge on any atom is 0.255 e. The van der Waals surface area contributed by atoms with Gasteiger partial charge < -0.3 is 26.0 Å². The summed E-state index contributed by atoms with van der Waals surface area (Å²) in [5.41, 5.74) is 0.381. The van der Waals surface area contributed by atoms with Crippen molar-refractivity contribution in [3.8, 4) is 11.5 Å². The maximum atomic E-state index is 12.1. The van der Waals surface area contributed by atoms with Crippen molar-refractivity contribution in [1.82, 2.24) is 10.6 Å². The molecule has 0 saturated heterocycles. The summed E-state index contributed by atoms with van der Waals surface area (Å²) in [6.45, 7) is 0.197. The van der Waals surface area contributed by atoms with E-state index in [9.17, 15) is 24.9 Å². The quantitative estimate of drug-likeness (QED) is 0.430. The first kappa shape index (κ1) is 20.3. The second kappa shape index (κ2) is 10.2. The summed E-state index contributed by atoms with van der Waals surface area (Å²) in [6, 6.07) is 12.1. The Balaban J connectivity index is 1.72. The first-order chi connectivity index (χ1) is 13.0. The van der Waals surface area contributed by atoms with Crippen LogP contribution in [0.25, 0.3) is 0 Å². The van der Waals surface area contributed by atoms with Gasteiger partial charge in [0.25, 0.3) is 11.8 Å². The molecule has 0 heterocycles. The van der Waals surface area contributed by atoms with E-state index < -0.39 is 11.9 Å². The number of rotatable bonds is 9. The van der Waals surface area contributed by atoms with E-state index >= 15 is 0 Å². The van der Waals surface area contributed by atoms with Crippen molar-refractivity contribution >= 4 is 11.8 Å². The Morgan fingerprint density at radius 3 is 1.96 bits per heavy atom. The number of unbranched alkanes of at least 4 members (excludes halogenated alkanes) is 1. The zero-order chi connectivity index (χ0) is 19.6. The summed E-state index contributed by atoms with van der Waals surface area (Å²) < 4.78 is 0. The molecule has 0 aliphatic heterocycles. The van der Waals surface area contributed by atoms with E-state index in [1.165, 1.54) is 18.2 Å². The number of phenols is 2. The molecule has 2 amide bonds. The molecule has 0 bridgehead atoms. The maximum absolute atomic E-state index is 12.1. The molecule has 0 radical (unpaired) electrons. The van der Waals surface area contributed by atoms with Crippen LogP contribution in [0.2, 0.25) is 0 Å². The normalized spacial score (nSPS) is 11.6. The number of nitrogens with one attached hydrogen (secondary N) is 2. The molecule has 144 valence electrons. The minimum atomic E-state index is -0.444. The van der Waals surface area contributed by atoms with Crippen molar-refractivity contribution in [3.05, 3.63) is 59.7 Å². The van der Waals surface area contributed by atoms with Gasteiger partial charge in [-0.25, -0.2) is 0 Å². The molecule has 2 aromatic rings. The summed E-state index contributed by atoms with van der Waals surface area (Å²) in [7, 11) is 0. The third kappa shape index (κ3) is 6.00. The number of aliphatic hydroxyl groups is 1. The molecule has 1 unspecified atom stereocenters. The Morgan fingerprint density at radius 2 is 1.41 bits per heavy atom. The molecular weight excluding hydrogens is 348 g/mol. The SMILES string of the molecule is O=C(NCCCCC(CO)NC(=O)c1ccccc1O)c1ccccc1O. The number of benzene rings is 2. The molecule has 0 aliphatic carbocycles. The van der Waals surface area contributed by atoms with Crippen LogP contribution >= 0.6 is 0 Å². The highest BCUT2D eigenvalue weighted by Crippen LogP contribution is 2.16. The van der Waals surface area contributed by atoms with E-state index in [2.05, 4.69) is 10.6 Å². The predicted octanol–water partition coefficient (Wildman–Crippen LogP) is 1.79. The van der Waals surface area contributed by atoms with Gasteiger partial charge in [0.2, 0.25) is 0 Å². The smallest absolute Gasteiger partial charge is 0.255 e. The van der Waals surface area contributed by atoms with Crippen molar-refractivity contribution in [2.24, 2.45) is 0 Å². The first-order valence-electron chi connectivity index (χ1n) is 8.79. The zero-order valence-corrected chi connectivity index (χ0v) is 14.9. The second-order valence-corrected chi connectivity index (χ2v) is 6.14. The summed E-state index contributed by atoms with van der Waals surface area (Å²) in [5.74, 6) is -0.972. The minimum Gasteiger partial charge on any atom is -0.507 e. The Hall–Kier alpha value is -3.06. The number of aromatic hydroxyl groups is 2. The molecule has 5 N–H and O–H groups in total. The third-order valence-corrected chi connectivity index (χ3v) is 4.12. The highest BCUT2D eigenvalue weighted by Gasteiger charge is 2.15. The number of aliphatic hydroxyl groups excluding tert-OH is 1. The van der Waals surface area contributed by atoms with E-state index in [1.807, 2.05) is 0 Å². The van der Waals surface area contributed by atoms with Crippen LogP contribution in [0.4, 0.5) is 0 Å². The zero-order valence-electron chi connectivity index (χ0n) is 14.9. The fraction of sp³-hybridized carbons (Fsp3) is 0.300. The fourth-order valence-corrected chi connectivity index (χ4v) is 2.62. The molecule has 1 atom stereocenters. The number of hydrogen-bond acceptors (Lipinski definition) is 5. The van der Waals surface area contributed by atoms with E-state index in [1.54, 1.807) is 30.3 Å². The predicted molar refractivity (Wildman–Crippen MR) is 101 cm³/mol. The van der Waals surface area contributed by atoms with Gasteiger partial charge >= 0.3 is 0 Å². The number of phenolic OH excluding ortho intramolecular Hbond substituents is 2. The van der Waals surface area contributed by atoms with Crippen LogP contribution in [0.15, 0.2) is 48.5 Å². The van der Waals surface area contributed by atoms with Gasteiger partial charge in [-0.3, -0.25) is 9.59 Å². The number of hydrogen-bond donors (Lipinski definition) is 5. The van der Waals surface area contributed by atoms with Crippen LogP contribution in [-0.4, -0.2) is 46.3 Å². The Kier molecular flexibility index (Phi) is 7.63. The average molecular weight is 372 g/mol. The number of carbonyl (C=O) groups excluding carboxylic acids is 2.